The van der Waals surface area contributed by atoms with E-state index >= 15 is 0 Å². The maximum Gasteiger partial charge on any atom is 0.307 e. The van der Waals surface area contributed by atoms with Gasteiger partial charge >= 0.3 is 5.97 Å². The van der Waals surface area contributed by atoms with Crippen LogP contribution in [0.1, 0.15) is 6.92 Å². The van der Waals surface area contributed by atoms with E-state index in [2.05, 4.69) is 11.3 Å². The van der Waals surface area contributed by atoms with E-state index in [1.807, 2.05) is 0 Å². The van der Waals surface area contributed by atoms with E-state index in [4.69, 9.17) is 11.6 Å². The number of ether oxygens (including phenoxy) is 1. The first-order valence-electron chi connectivity index (χ1n) is 2.31. The van der Waals surface area contributed by atoms with Crippen LogP contribution in [0.5, 0.6) is 0 Å². The van der Waals surface area contributed by atoms with Gasteiger partial charge in [0.1, 0.15) is 0 Å². The molecular formula is C6H7ClO2. The van der Waals surface area contributed by atoms with E-state index in [9.17, 15) is 4.79 Å². The number of esters is 1. The molecule has 0 saturated heterocycles. The zero-order chi connectivity index (χ0) is 7.28. The summed E-state index contributed by atoms with van der Waals surface area (Å²) in [6, 6.07) is 0. The summed E-state index contributed by atoms with van der Waals surface area (Å²) in [5.74, 6) is -0.371. The molecule has 0 fully saturated rings. The largest absolute Gasteiger partial charge is 0.435 e. The quantitative estimate of drug-likeness (QED) is 0.338. The Morgan fingerprint density at radius 2 is 2.33 bits per heavy atom. The monoisotopic (exact) mass is 146 g/mol. The van der Waals surface area contributed by atoms with Crippen LogP contribution in [-0.4, -0.2) is 5.97 Å². The highest BCUT2D eigenvalue weighted by Crippen LogP contribution is 1.97. The summed E-state index contributed by atoms with van der Waals surface area (Å²) in [7, 11) is 0. The lowest BCUT2D eigenvalue weighted by molar-refractivity contribution is -0.135. The van der Waals surface area contributed by atoms with Gasteiger partial charge in [-0.1, -0.05) is 18.2 Å². The molecule has 9 heavy (non-hydrogen) atoms. The van der Waals surface area contributed by atoms with Gasteiger partial charge < -0.3 is 4.74 Å². The predicted molar refractivity (Wildman–Crippen MR) is 35.9 cm³/mol. The molecule has 0 aliphatic carbocycles. The van der Waals surface area contributed by atoms with E-state index in [1.165, 1.54) is 19.3 Å². The van der Waals surface area contributed by atoms with Crippen molar-refractivity contribution in [2.45, 2.75) is 6.92 Å². The lowest BCUT2D eigenvalue weighted by Crippen LogP contribution is -1.88. The second kappa shape index (κ2) is 4.15. The van der Waals surface area contributed by atoms with Gasteiger partial charge in [0.2, 0.25) is 0 Å². The topological polar surface area (TPSA) is 26.3 Å². The molecule has 0 bridgehead atoms. The Hall–Kier alpha value is -0.760. The molecule has 0 atom stereocenters. The average molecular weight is 147 g/mol. The van der Waals surface area contributed by atoms with Crippen LogP contribution < -0.4 is 0 Å². The van der Waals surface area contributed by atoms with Crippen molar-refractivity contribution >= 4 is 17.6 Å². The van der Waals surface area contributed by atoms with Crippen molar-refractivity contribution in [2.24, 2.45) is 0 Å². The predicted octanol–water partition coefficient (Wildman–Crippen LogP) is 1.82. The van der Waals surface area contributed by atoms with Gasteiger partial charge in [-0.15, -0.1) is 0 Å². The fourth-order valence-electron chi connectivity index (χ4n) is 0.204. The van der Waals surface area contributed by atoms with Gasteiger partial charge in [0.15, 0.2) is 0 Å². The highest BCUT2D eigenvalue weighted by Gasteiger charge is 1.83. The van der Waals surface area contributed by atoms with Gasteiger partial charge in [-0.3, -0.25) is 4.79 Å². The summed E-state index contributed by atoms with van der Waals surface area (Å²) >= 11 is 5.29. The molecule has 0 aliphatic heterocycles. The van der Waals surface area contributed by atoms with E-state index in [1.54, 1.807) is 0 Å². The normalized spacial score (nSPS) is 9.56. The molecule has 2 nitrogen and oxygen atoms in total. The molecule has 0 unspecified atom stereocenters. The number of hydrogen-bond acceptors (Lipinski definition) is 2. The maximum atomic E-state index is 10.1. The summed E-state index contributed by atoms with van der Waals surface area (Å²) in [4.78, 5) is 10.1. The first kappa shape index (κ1) is 8.24. The van der Waals surface area contributed by atoms with Gasteiger partial charge in [0.05, 0.1) is 6.26 Å². The molecule has 0 N–H and O–H groups in total. The van der Waals surface area contributed by atoms with Crippen LogP contribution in [0.15, 0.2) is 23.9 Å². The Morgan fingerprint density at radius 1 is 1.78 bits per heavy atom. The maximum absolute atomic E-state index is 10.1. The van der Waals surface area contributed by atoms with Crippen LogP contribution in [-0.2, 0) is 9.53 Å². The average Bonchev–Trinajstić information content (AvgIpc) is 1.63. The molecule has 0 aromatic carbocycles. The molecule has 0 rings (SSSR count). The first-order chi connectivity index (χ1) is 4.13. The molecule has 0 aromatic heterocycles. The Kier molecular flexibility index (Phi) is 3.80. The lowest BCUT2D eigenvalue weighted by atomic mass is 10.6. The number of allylic oxidation sites excluding steroid dienone is 2. The van der Waals surface area contributed by atoms with E-state index < -0.39 is 0 Å². The highest BCUT2D eigenvalue weighted by atomic mass is 35.5. The minimum atomic E-state index is -0.371. The smallest absolute Gasteiger partial charge is 0.307 e. The van der Waals surface area contributed by atoms with Crippen LogP contribution in [0.4, 0.5) is 0 Å². The highest BCUT2D eigenvalue weighted by molar-refractivity contribution is 6.30. The minimum Gasteiger partial charge on any atom is -0.435 e. The van der Waals surface area contributed by atoms with Crippen LogP contribution in [0, 0.1) is 0 Å². The lowest BCUT2D eigenvalue weighted by Gasteiger charge is -1.87. The van der Waals surface area contributed by atoms with Crippen molar-refractivity contribution in [2.75, 3.05) is 0 Å². The molecule has 0 radical (unpaired) electrons. The molecule has 0 amide bonds. The fraction of sp³-hybridized carbons (Fsp3) is 0.167. The zero-order valence-electron chi connectivity index (χ0n) is 5.06. The molecule has 0 spiro atoms. The molecule has 0 saturated carbocycles. The third-order valence-electron chi connectivity index (χ3n) is 0.483. The zero-order valence-corrected chi connectivity index (χ0v) is 5.81. The van der Waals surface area contributed by atoms with Gasteiger partial charge in [-0.05, 0) is 6.08 Å². The number of hydrogen-bond donors (Lipinski definition) is 0. The Balaban J connectivity index is 3.48. The minimum absolute atomic E-state index is 0.330. The summed E-state index contributed by atoms with van der Waals surface area (Å²) in [6.45, 7) is 4.65. The van der Waals surface area contributed by atoms with Crippen molar-refractivity contribution in [3.8, 4) is 0 Å². The Bertz CT molecular complexity index is 149. The second-order valence-electron chi connectivity index (χ2n) is 1.36. The van der Waals surface area contributed by atoms with Crippen molar-refractivity contribution in [1.82, 2.24) is 0 Å². The number of carbonyl (C=O) groups is 1. The number of halogens is 1. The van der Waals surface area contributed by atoms with Crippen LogP contribution in [0.3, 0.4) is 0 Å². The SMILES string of the molecule is C=C(Cl)/C=C/OC(C)=O. The molecule has 3 heteroatoms. The summed E-state index contributed by atoms with van der Waals surface area (Å²) < 4.78 is 4.39. The first-order valence-corrected chi connectivity index (χ1v) is 2.69. The molecule has 50 valence electrons. The van der Waals surface area contributed by atoms with Crippen LogP contribution in [0.2, 0.25) is 0 Å². The van der Waals surface area contributed by atoms with Crippen molar-refractivity contribution < 1.29 is 9.53 Å². The molecular weight excluding hydrogens is 140 g/mol. The summed E-state index contributed by atoms with van der Waals surface area (Å²) in [5, 5.41) is 0.330. The second-order valence-corrected chi connectivity index (χ2v) is 1.84. The van der Waals surface area contributed by atoms with E-state index in [-0.39, 0.29) is 5.97 Å². The van der Waals surface area contributed by atoms with Gasteiger partial charge in [0.25, 0.3) is 0 Å². The standard InChI is InChI=1S/C6H7ClO2/c1-5(7)3-4-9-6(2)8/h3-4H,1H2,2H3/b4-3+. The molecule has 0 heterocycles. The Morgan fingerprint density at radius 3 is 2.67 bits per heavy atom. The fourth-order valence-corrected chi connectivity index (χ4v) is 0.255. The van der Waals surface area contributed by atoms with E-state index in [0.29, 0.717) is 5.03 Å². The van der Waals surface area contributed by atoms with Crippen molar-refractivity contribution in [1.29, 1.82) is 0 Å². The van der Waals surface area contributed by atoms with Crippen molar-refractivity contribution in [3.63, 3.8) is 0 Å². The summed E-state index contributed by atoms with van der Waals surface area (Å²) in [6.07, 6.45) is 2.58. The Labute approximate surface area is 58.8 Å². The van der Waals surface area contributed by atoms with Crippen LogP contribution in [0.25, 0.3) is 0 Å². The van der Waals surface area contributed by atoms with E-state index in [0.717, 1.165) is 0 Å². The molecule has 0 aliphatic rings. The number of rotatable bonds is 2. The van der Waals surface area contributed by atoms with Gasteiger partial charge in [-0.2, -0.15) is 0 Å². The van der Waals surface area contributed by atoms with Gasteiger partial charge in [0, 0.05) is 12.0 Å². The third-order valence-corrected chi connectivity index (χ3v) is 0.609. The number of carbonyl (C=O) groups excluding carboxylic acids is 1. The van der Waals surface area contributed by atoms with Crippen LogP contribution >= 0.6 is 11.6 Å². The summed E-state index contributed by atoms with van der Waals surface area (Å²) in [5.41, 5.74) is 0. The van der Waals surface area contributed by atoms with Gasteiger partial charge in [-0.25, -0.2) is 0 Å². The van der Waals surface area contributed by atoms with Crippen molar-refractivity contribution in [3.05, 3.63) is 23.9 Å². The molecule has 0 aromatic rings. The third kappa shape index (κ3) is 7.24.